The first-order valence-corrected chi connectivity index (χ1v) is 16.1. The SMILES string of the molecule is O=C1[C@H](OCc2ccccc2)[C@H](OCc2ccccc2)C(OCc2ccccc2)[C@H](OCc2ccccc2)[C@H]1OCc1ccccc1. The second kappa shape index (κ2) is 16.9. The molecule has 0 aliphatic heterocycles. The Hall–Kier alpha value is -4.43. The number of ketones is 1. The van der Waals surface area contributed by atoms with Gasteiger partial charge in [-0.15, -0.1) is 0 Å². The summed E-state index contributed by atoms with van der Waals surface area (Å²) in [5, 5.41) is 0. The van der Waals surface area contributed by atoms with Crippen molar-refractivity contribution in [2.75, 3.05) is 0 Å². The molecule has 0 aromatic heterocycles. The Morgan fingerprint density at radius 1 is 0.319 bits per heavy atom. The van der Waals surface area contributed by atoms with E-state index < -0.39 is 30.5 Å². The van der Waals surface area contributed by atoms with Crippen molar-refractivity contribution in [3.05, 3.63) is 179 Å². The number of Topliss-reactive ketones (excluding diaryl/α,β-unsaturated/α-hetero) is 1. The summed E-state index contributed by atoms with van der Waals surface area (Å²) in [6.07, 6.45) is -4.16. The van der Waals surface area contributed by atoms with Gasteiger partial charge in [0.15, 0.2) is 5.78 Å². The first kappa shape index (κ1) is 32.5. The molecule has 240 valence electrons. The molecule has 0 spiro atoms. The molecule has 6 nitrogen and oxygen atoms in total. The van der Waals surface area contributed by atoms with Gasteiger partial charge in [0, 0.05) is 0 Å². The molecule has 1 unspecified atom stereocenters. The lowest BCUT2D eigenvalue weighted by Crippen LogP contribution is -2.65. The lowest BCUT2D eigenvalue weighted by atomic mass is 9.85. The fourth-order valence-electron chi connectivity index (χ4n) is 5.75. The van der Waals surface area contributed by atoms with Gasteiger partial charge in [0.05, 0.1) is 33.0 Å². The number of ether oxygens (including phenoxy) is 5. The maximum absolute atomic E-state index is 14.6. The van der Waals surface area contributed by atoms with Crippen LogP contribution in [0.3, 0.4) is 0 Å². The van der Waals surface area contributed by atoms with Gasteiger partial charge in [-0.05, 0) is 27.8 Å². The second-order valence-electron chi connectivity index (χ2n) is 11.6. The second-order valence-corrected chi connectivity index (χ2v) is 11.6. The van der Waals surface area contributed by atoms with E-state index in [9.17, 15) is 4.79 Å². The van der Waals surface area contributed by atoms with Crippen LogP contribution in [-0.2, 0) is 61.5 Å². The van der Waals surface area contributed by atoms with Crippen LogP contribution in [0, 0.1) is 0 Å². The molecule has 47 heavy (non-hydrogen) atoms. The van der Waals surface area contributed by atoms with E-state index in [1.165, 1.54) is 0 Å². The zero-order chi connectivity index (χ0) is 32.1. The Morgan fingerprint density at radius 2 is 0.553 bits per heavy atom. The molecule has 6 rings (SSSR count). The average Bonchev–Trinajstić information content (AvgIpc) is 3.14. The predicted molar refractivity (Wildman–Crippen MR) is 180 cm³/mol. The molecule has 1 aliphatic rings. The molecule has 0 heterocycles. The van der Waals surface area contributed by atoms with Crippen molar-refractivity contribution in [3.8, 4) is 0 Å². The molecule has 6 heteroatoms. The summed E-state index contributed by atoms with van der Waals surface area (Å²) in [6.45, 7) is 1.31. The number of benzene rings is 5. The van der Waals surface area contributed by atoms with Crippen LogP contribution in [0.25, 0.3) is 0 Å². The zero-order valence-electron chi connectivity index (χ0n) is 26.3. The number of hydrogen-bond donors (Lipinski definition) is 0. The van der Waals surface area contributed by atoms with Crippen LogP contribution in [0.2, 0.25) is 0 Å². The fraction of sp³-hybridized carbons (Fsp3) is 0.244. The van der Waals surface area contributed by atoms with Crippen molar-refractivity contribution in [1.82, 2.24) is 0 Å². The number of rotatable bonds is 15. The van der Waals surface area contributed by atoms with E-state index in [0.29, 0.717) is 6.61 Å². The van der Waals surface area contributed by atoms with Crippen molar-refractivity contribution in [3.63, 3.8) is 0 Å². The quantitative estimate of drug-likeness (QED) is 0.120. The minimum Gasteiger partial charge on any atom is -0.368 e. The molecule has 0 N–H and O–H groups in total. The monoisotopic (exact) mass is 628 g/mol. The fourth-order valence-corrected chi connectivity index (χ4v) is 5.75. The smallest absolute Gasteiger partial charge is 0.195 e. The highest BCUT2D eigenvalue weighted by Crippen LogP contribution is 2.32. The molecule has 0 bridgehead atoms. The third-order valence-electron chi connectivity index (χ3n) is 8.21. The van der Waals surface area contributed by atoms with Gasteiger partial charge in [0.25, 0.3) is 0 Å². The van der Waals surface area contributed by atoms with E-state index in [4.69, 9.17) is 23.7 Å². The highest BCUT2D eigenvalue weighted by Gasteiger charge is 2.54. The Balaban J connectivity index is 1.35. The van der Waals surface area contributed by atoms with Crippen molar-refractivity contribution < 1.29 is 28.5 Å². The molecule has 1 fully saturated rings. The van der Waals surface area contributed by atoms with Gasteiger partial charge in [-0.1, -0.05) is 152 Å². The van der Waals surface area contributed by atoms with Crippen molar-refractivity contribution in [1.29, 1.82) is 0 Å². The van der Waals surface area contributed by atoms with Gasteiger partial charge < -0.3 is 23.7 Å². The summed E-state index contributed by atoms with van der Waals surface area (Å²) >= 11 is 0. The van der Waals surface area contributed by atoms with Crippen LogP contribution < -0.4 is 0 Å². The highest BCUT2D eigenvalue weighted by atomic mass is 16.6. The number of carbonyl (C=O) groups excluding carboxylic acids is 1. The largest absolute Gasteiger partial charge is 0.368 e. The molecule has 5 atom stereocenters. The summed E-state index contributed by atoms with van der Waals surface area (Å²) in [4.78, 5) is 14.6. The van der Waals surface area contributed by atoms with E-state index in [0.717, 1.165) is 27.8 Å². The minimum atomic E-state index is -0.961. The maximum Gasteiger partial charge on any atom is 0.195 e. The first-order chi connectivity index (χ1) is 23.2. The molecule has 0 radical (unpaired) electrons. The normalized spacial score (nSPS) is 21.0. The number of hydrogen-bond acceptors (Lipinski definition) is 6. The van der Waals surface area contributed by atoms with Crippen LogP contribution in [0.15, 0.2) is 152 Å². The lowest BCUT2D eigenvalue weighted by molar-refractivity contribution is -0.238. The Morgan fingerprint density at radius 3 is 0.830 bits per heavy atom. The summed E-state index contributed by atoms with van der Waals surface area (Å²) in [5.74, 6) is -0.229. The molecule has 1 aliphatic carbocycles. The van der Waals surface area contributed by atoms with Crippen molar-refractivity contribution in [2.24, 2.45) is 0 Å². The standard InChI is InChI=1S/C41H40O6/c42-36-37(43-26-31-16-6-1-7-17-31)39(45-28-33-20-10-3-11-21-33)41(47-30-35-24-14-5-15-25-35)40(46-29-34-22-12-4-13-23-34)38(36)44-27-32-18-8-2-9-19-32/h1-25,37-41H,26-30H2/t37-,38-,39-,40+,41?/m0/s1. The van der Waals surface area contributed by atoms with Crippen molar-refractivity contribution in [2.45, 2.75) is 63.6 Å². The van der Waals surface area contributed by atoms with Gasteiger partial charge in [0.2, 0.25) is 0 Å². The third-order valence-corrected chi connectivity index (χ3v) is 8.21. The van der Waals surface area contributed by atoms with Crippen LogP contribution >= 0.6 is 0 Å². The zero-order valence-corrected chi connectivity index (χ0v) is 26.3. The Labute approximate surface area is 276 Å². The van der Waals surface area contributed by atoms with E-state index in [1.807, 2.05) is 152 Å². The summed E-state index contributed by atoms with van der Waals surface area (Å²) in [5.41, 5.74) is 4.86. The predicted octanol–water partition coefficient (Wildman–Crippen LogP) is 7.50. The van der Waals surface area contributed by atoms with Crippen molar-refractivity contribution >= 4 is 5.78 Å². The molecular formula is C41H40O6. The first-order valence-electron chi connectivity index (χ1n) is 16.1. The van der Waals surface area contributed by atoms with Crippen LogP contribution in [0.4, 0.5) is 0 Å². The van der Waals surface area contributed by atoms with Gasteiger partial charge in [-0.2, -0.15) is 0 Å². The molecule has 0 amide bonds. The average molecular weight is 629 g/mol. The van der Waals surface area contributed by atoms with Gasteiger partial charge in [0.1, 0.15) is 30.5 Å². The summed E-state index contributed by atoms with van der Waals surface area (Å²) in [6, 6.07) is 49.4. The van der Waals surface area contributed by atoms with Gasteiger partial charge >= 0.3 is 0 Å². The molecule has 1 saturated carbocycles. The van der Waals surface area contributed by atoms with E-state index in [-0.39, 0.29) is 32.2 Å². The summed E-state index contributed by atoms with van der Waals surface area (Å²) < 4.78 is 32.9. The maximum atomic E-state index is 14.6. The molecular weight excluding hydrogens is 588 g/mol. The lowest BCUT2D eigenvalue weighted by Gasteiger charge is -2.44. The topological polar surface area (TPSA) is 63.2 Å². The molecule has 5 aromatic carbocycles. The molecule has 5 aromatic rings. The Kier molecular flexibility index (Phi) is 11.7. The van der Waals surface area contributed by atoms with E-state index in [2.05, 4.69) is 0 Å². The number of carbonyl (C=O) groups is 1. The Bertz CT molecular complexity index is 1520. The van der Waals surface area contributed by atoms with Crippen LogP contribution in [0.1, 0.15) is 27.8 Å². The highest BCUT2D eigenvalue weighted by molar-refractivity contribution is 5.90. The van der Waals surface area contributed by atoms with Gasteiger partial charge in [-0.25, -0.2) is 0 Å². The van der Waals surface area contributed by atoms with Crippen LogP contribution in [-0.4, -0.2) is 36.3 Å². The van der Waals surface area contributed by atoms with Gasteiger partial charge in [-0.3, -0.25) is 4.79 Å². The third kappa shape index (κ3) is 9.10. The minimum absolute atomic E-state index is 0.229. The van der Waals surface area contributed by atoms with E-state index >= 15 is 0 Å². The molecule has 0 saturated heterocycles. The van der Waals surface area contributed by atoms with E-state index in [1.54, 1.807) is 0 Å². The summed E-state index contributed by atoms with van der Waals surface area (Å²) in [7, 11) is 0. The van der Waals surface area contributed by atoms with Crippen LogP contribution in [0.5, 0.6) is 0 Å².